The molecule has 2 aromatic rings. The fourth-order valence-corrected chi connectivity index (χ4v) is 1.92. The Morgan fingerprint density at radius 1 is 1.10 bits per heavy atom. The highest BCUT2D eigenvalue weighted by Crippen LogP contribution is 2.28. The molecule has 0 saturated carbocycles. The molecule has 1 N–H and O–H groups in total. The predicted molar refractivity (Wildman–Crippen MR) is 85.7 cm³/mol. The lowest BCUT2D eigenvalue weighted by Crippen LogP contribution is -2.15. The average molecular weight is 285 g/mol. The summed E-state index contributed by atoms with van der Waals surface area (Å²) in [6.07, 6.45) is 4.53. The molecule has 0 fully saturated rings. The van der Waals surface area contributed by atoms with Crippen molar-refractivity contribution in [2.75, 3.05) is 12.4 Å². The van der Waals surface area contributed by atoms with Gasteiger partial charge in [-0.1, -0.05) is 32.9 Å². The van der Waals surface area contributed by atoms with Crippen molar-refractivity contribution in [3.05, 3.63) is 47.9 Å². The molecule has 0 atom stereocenters. The summed E-state index contributed by atoms with van der Waals surface area (Å²) in [6.45, 7) is 7.13. The monoisotopic (exact) mass is 285 g/mol. The van der Waals surface area contributed by atoms with Gasteiger partial charge in [-0.25, -0.2) is 4.98 Å². The summed E-state index contributed by atoms with van der Waals surface area (Å²) in [5.74, 6) is 1.61. The van der Waals surface area contributed by atoms with E-state index in [9.17, 15) is 0 Å². The van der Waals surface area contributed by atoms with Gasteiger partial charge in [0.15, 0.2) is 0 Å². The first-order valence-electron chi connectivity index (χ1n) is 7.27. The van der Waals surface area contributed by atoms with Crippen molar-refractivity contribution < 1.29 is 4.74 Å². The molecule has 4 nitrogen and oxygen atoms in total. The number of benzene rings is 1. The van der Waals surface area contributed by atoms with E-state index < -0.39 is 0 Å². The Labute approximate surface area is 126 Å². The third kappa shape index (κ3) is 3.94. The molecule has 4 heteroatoms. The standard InChI is InChI=1S/C17H23N3O/c1-5-17(2,3)13-6-8-15(9-7-13)21-12-14-10-20-16(18-4)11-19-14/h6-11H,5,12H2,1-4H3,(H,18,20). The van der Waals surface area contributed by atoms with Gasteiger partial charge in [0.1, 0.15) is 18.2 Å². The Morgan fingerprint density at radius 3 is 2.33 bits per heavy atom. The second-order valence-electron chi connectivity index (χ2n) is 5.69. The zero-order valence-electron chi connectivity index (χ0n) is 13.2. The predicted octanol–water partition coefficient (Wildman–Crippen LogP) is 3.78. The zero-order chi connectivity index (χ0) is 15.3. The number of rotatable bonds is 6. The molecule has 0 spiro atoms. The molecule has 0 aliphatic carbocycles. The highest BCUT2D eigenvalue weighted by molar-refractivity contribution is 5.32. The zero-order valence-corrected chi connectivity index (χ0v) is 13.2. The van der Waals surface area contributed by atoms with Crippen LogP contribution in [-0.2, 0) is 12.0 Å². The summed E-state index contributed by atoms with van der Waals surface area (Å²) in [6, 6.07) is 8.30. The van der Waals surface area contributed by atoms with Gasteiger partial charge in [-0.15, -0.1) is 0 Å². The van der Waals surface area contributed by atoms with Gasteiger partial charge in [0.05, 0.1) is 18.1 Å². The van der Waals surface area contributed by atoms with E-state index in [1.54, 1.807) is 12.4 Å². The Balaban J connectivity index is 1.97. The number of hydrogen-bond donors (Lipinski definition) is 1. The Morgan fingerprint density at radius 2 is 1.81 bits per heavy atom. The van der Waals surface area contributed by atoms with Crippen molar-refractivity contribution >= 4 is 5.82 Å². The smallest absolute Gasteiger partial charge is 0.144 e. The second-order valence-corrected chi connectivity index (χ2v) is 5.69. The minimum absolute atomic E-state index is 0.201. The lowest BCUT2D eigenvalue weighted by molar-refractivity contribution is 0.300. The van der Waals surface area contributed by atoms with Gasteiger partial charge in [-0.2, -0.15) is 0 Å². The summed E-state index contributed by atoms with van der Waals surface area (Å²) < 4.78 is 5.74. The highest BCUT2D eigenvalue weighted by atomic mass is 16.5. The van der Waals surface area contributed by atoms with Crippen molar-refractivity contribution in [1.82, 2.24) is 9.97 Å². The molecule has 0 amide bonds. The first-order valence-corrected chi connectivity index (χ1v) is 7.27. The molecule has 0 unspecified atom stereocenters. The number of nitrogens with one attached hydrogen (secondary N) is 1. The third-order valence-electron chi connectivity index (χ3n) is 3.87. The lowest BCUT2D eigenvalue weighted by atomic mass is 9.82. The first kappa shape index (κ1) is 15.3. The fourth-order valence-electron chi connectivity index (χ4n) is 1.92. The summed E-state index contributed by atoms with van der Waals surface area (Å²) in [4.78, 5) is 8.50. The molecule has 0 aliphatic heterocycles. The van der Waals surface area contributed by atoms with Crippen LogP contribution in [0.25, 0.3) is 0 Å². The van der Waals surface area contributed by atoms with Gasteiger partial charge in [0, 0.05) is 7.05 Å². The molecular weight excluding hydrogens is 262 g/mol. The van der Waals surface area contributed by atoms with Crippen LogP contribution in [-0.4, -0.2) is 17.0 Å². The number of hydrogen-bond acceptors (Lipinski definition) is 4. The lowest BCUT2D eigenvalue weighted by Gasteiger charge is -2.23. The van der Waals surface area contributed by atoms with Gasteiger partial charge < -0.3 is 10.1 Å². The van der Waals surface area contributed by atoms with Crippen LogP contribution in [0.1, 0.15) is 38.4 Å². The highest BCUT2D eigenvalue weighted by Gasteiger charge is 2.17. The van der Waals surface area contributed by atoms with Crippen LogP contribution in [0.2, 0.25) is 0 Å². The Kier molecular flexibility index (Phi) is 4.78. The average Bonchev–Trinajstić information content (AvgIpc) is 2.54. The quantitative estimate of drug-likeness (QED) is 0.877. The Hall–Kier alpha value is -2.10. The van der Waals surface area contributed by atoms with Crippen LogP contribution < -0.4 is 10.1 Å². The van der Waals surface area contributed by atoms with Crippen LogP contribution in [0.15, 0.2) is 36.7 Å². The molecule has 0 saturated heterocycles. The molecule has 1 heterocycles. The minimum Gasteiger partial charge on any atom is -0.487 e. The number of aromatic nitrogens is 2. The number of ether oxygens (including phenoxy) is 1. The van der Waals surface area contributed by atoms with E-state index in [-0.39, 0.29) is 5.41 Å². The van der Waals surface area contributed by atoms with E-state index in [4.69, 9.17) is 4.74 Å². The summed E-state index contributed by atoms with van der Waals surface area (Å²) in [5.41, 5.74) is 2.34. The maximum absolute atomic E-state index is 5.74. The van der Waals surface area contributed by atoms with Crippen LogP contribution >= 0.6 is 0 Å². The number of anilines is 1. The molecule has 1 aromatic heterocycles. The largest absolute Gasteiger partial charge is 0.487 e. The van der Waals surface area contributed by atoms with Crippen molar-refractivity contribution in [2.24, 2.45) is 0 Å². The van der Waals surface area contributed by atoms with E-state index in [0.29, 0.717) is 6.61 Å². The van der Waals surface area contributed by atoms with Crippen molar-refractivity contribution in [3.8, 4) is 5.75 Å². The molecule has 112 valence electrons. The topological polar surface area (TPSA) is 47.0 Å². The Bertz CT molecular complexity index is 562. The maximum atomic E-state index is 5.74. The van der Waals surface area contributed by atoms with Crippen LogP contribution in [0, 0.1) is 0 Å². The SMILES string of the molecule is CCC(C)(C)c1ccc(OCc2cnc(NC)cn2)cc1. The molecule has 21 heavy (non-hydrogen) atoms. The fraction of sp³-hybridized carbons (Fsp3) is 0.412. The van der Waals surface area contributed by atoms with Crippen LogP contribution in [0.4, 0.5) is 5.82 Å². The summed E-state index contributed by atoms with van der Waals surface area (Å²) in [7, 11) is 1.82. The molecule has 0 bridgehead atoms. The molecular formula is C17H23N3O. The van der Waals surface area contributed by atoms with Crippen molar-refractivity contribution in [3.63, 3.8) is 0 Å². The molecule has 0 radical (unpaired) electrons. The third-order valence-corrected chi connectivity index (χ3v) is 3.87. The molecule has 0 aliphatic rings. The van der Waals surface area contributed by atoms with Crippen LogP contribution in [0.3, 0.4) is 0 Å². The van der Waals surface area contributed by atoms with E-state index in [0.717, 1.165) is 23.7 Å². The number of nitrogens with zero attached hydrogens (tertiary/aromatic N) is 2. The van der Waals surface area contributed by atoms with E-state index in [1.165, 1.54) is 5.56 Å². The molecule has 2 rings (SSSR count). The van der Waals surface area contributed by atoms with Gasteiger partial charge in [-0.3, -0.25) is 4.98 Å². The normalized spacial score (nSPS) is 11.2. The maximum Gasteiger partial charge on any atom is 0.144 e. The summed E-state index contributed by atoms with van der Waals surface area (Å²) >= 11 is 0. The van der Waals surface area contributed by atoms with Gasteiger partial charge in [0.25, 0.3) is 0 Å². The molecule has 1 aromatic carbocycles. The first-order chi connectivity index (χ1) is 10.0. The van der Waals surface area contributed by atoms with Gasteiger partial charge in [-0.05, 0) is 29.5 Å². The van der Waals surface area contributed by atoms with Crippen molar-refractivity contribution in [2.45, 2.75) is 39.2 Å². The van der Waals surface area contributed by atoms with E-state index >= 15 is 0 Å². The van der Waals surface area contributed by atoms with Gasteiger partial charge >= 0.3 is 0 Å². The summed E-state index contributed by atoms with van der Waals surface area (Å²) in [5, 5.41) is 2.94. The van der Waals surface area contributed by atoms with Gasteiger partial charge in [0.2, 0.25) is 0 Å². The van der Waals surface area contributed by atoms with E-state index in [2.05, 4.69) is 48.2 Å². The van der Waals surface area contributed by atoms with Crippen molar-refractivity contribution in [1.29, 1.82) is 0 Å². The van der Waals surface area contributed by atoms with Crippen LogP contribution in [0.5, 0.6) is 5.75 Å². The minimum atomic E-state index is 0.201. The van der Waals surface area contributed by atoms with E-state index in [1.807, 2.05) is 19.2 Å². The second kappa shape index (κ2) is 6.57.